The van der Waals surface area contributed by atoms with E-state index in [2.05, 4.69) is 4.74 Å². The summed E-state index contributed by atoms with van der Waals surface area (Å²) in [6, 6.07) is 11.2. The van der Waals surface area contributed by atoms with Crippen LogP contribution in [-0.4, -0.2) is 23.8 Å². The van der Waals surface area contributed by atoms with Crippen LogP contribution in [0.15, 0.2) is 48.5 Å². The number of esters is 2. The van der Waals surface area contributed by atoms with E-state index in [9.17, 15) is 35.9 Å². The van der Waals surface area contributed by atoms with Gasteiger partial charge in [-0.2, -0.15) is 26.3 Å². The Bertz CT molecular complexity index is 980. The first-order chi connectivity index (χ1) is 14.8. The van der Waals surface area contributed by atoms with Gasteiger partial charge in [-0.15, -0.1) is 0 Å². The van der Waals surface area contributed by atoms with Gasteiger partial charge >= 0.3 is 24.3 Å². The lowest BCUT2D eigenvalue weighted by Crippen LogP contribution is -2.29. The third-order valence-corrected chi connectivity index (χ3v) is 4.73. The number of carbonyl (C=O) groups excluding carboxylic acids is 2. The highest BCUT2D eigenvalue weighted by molar-refractivity contribution is 6.02. The van der Waals surface area contributed by atoms with Gasteiger partial charge in [-0.1, -0.05) is 49.4 Å². The van der Waals surface area contributed by atoms with Crippen LogP contribution in [0.3, 0.4) is 0 Å². The Kier molecular flexibility index (Phi) is 7.82. The summed E-state index contributed by atoms with van der Waals surface area (Å²) in [5.74, 6) is -4.82. The van der Waals surface area contributed by atoms with Crippen LogP contribution in [-0.2, 0) is 26.9 Å². The molecular weight excluding hydrogens is 440 g/mol. The number of alkyl halides is 6. The number of hydrogen-bond donors (Lipinski definition) is 1. The molecule has 2 aromatic rings. The van der Waals surface area contributed by atoms with E-state index in [4.69, 9.17) is 5.41 Å². The van der Waals surface area contributed by atoms with E-state index >= 15 is 0 Å². The third kappa shape index (κ3) is 6.66. The predicted octanol–water partition coefficient (Wildman–Crippen LogP) is 5.71. The van der Waals surface area contributed by atoms with Crippen molar-refractivity contribution in [3.8, 4) is 0 Å². The first-order valence-corrected chi connectivity index (χ1v) is 9.47. The van der Waals surface area contributed by atoms with Crippen molar-refractivity contribution in [2.75, 3.05) is 0 Å². The number of halogens is 6. The number of carbonyl (C=O) groups is 2. The molecule has 0 bridgehead atoms. The minimum Gasteiger partial charge on any atom is -0.386 e. The Hall–Kier alpha value is -3.17. The lowest BCUT2D eigenvalue weighted by atomic mass is 9.90. The highest BCUT2D eigenvalue weighted by Gasteiger charge is 2.42. The molecule has 0 unspecified atom stereocenters. The average molecular weight is 459 g/mol. The largest absolute Gasteiger partial charge is 0.491 e. The zero-order valence-electron chi connectivity index (χ0n) is 16.8. The molecule has 4 nitrogen and oxygen atoms in total. The van der Waals surface area contributed by atoms with Crippen molar-refractivity contribution in [1.82, 2.24) is 0 Å². The van der Waals surface area contributed by atoms with Crippen molar-refractivity contribution in [2.24, 2.45) is 5.92 Å². The fourth-order valence-electron chi connectivity index (χ4n) is 3.06. The summed E-state index contributed by atoms with van der Waals surface area (Å²) >= 11 is 0. The summed E-state index contributed by atoms with van der Waals surface area (Å²) in [6.07, 6.45) is -10.2. The molecule has 2 aromatic carbocycles. The summed E-state index contributed by atoms with van der Waals surface area (Å²) in [7, 11) is 0. The lowest BCUT2D eigenvalue weighted by molar-refractivity contribution is -0.202. The lowest BCUT2D eigenvalue weighted by Gasteiger charge is -2.16. The van der Waals surface area contributed by atoms with E-state index in [1.807, 2.05) is 0 Å². The second kappa shape index (κ2) is 9.97. The molecule has 1 atom stereocenters. The SMILES string of the molecule is CC[C@@H](CC(=O)OC(=O)C(F)(F)F)C(=N)c1ccc(Cc2ccccc2C(F)(F)F)cc1. The monoisotopic (exact) mass is 459 g/mol. The Morgan fingerprint density at radius 1 is 0.969 bits per heavy atom. The van der Waals surface area contributed by atoms with Crippen LogP contribution < -0.4 is 0 Å². The van der Waals surface area contributed by atoms with E-state index in [0.29, 0.717) is 11.1 Å². The van der Waals surface area contributed by atoms with Crippen molar-refractivity contribution in [3.63, 3.8) is 0 Å². The fourth-order valence-corrected chi connectivity index (χ4v) is 3.06. The summed E-state index contributed by atoms with van der Waals surface area (Å²) < 4.78 is 79.8. The Labute approximate surface area is 179 Å². The molecule has 10 heteroatoms. The Morgan fingerprint density at radius 2 is 1.56 bits per heavy atom. The van der Waals surface area contributed by atoms with Gasteiger partial charge in [-0.05, 0) is 35.6 Å². The molecule has 0 amide bonds. The van der Waals surface area contributed by atoms with E-state index in [1.54, 1.807) is 6.92 Å². The van der Waals surface area contributed by atoms with Crippen LogP contribution in [0.25, 0.3) is 0 Å². The minimum atomic E-state index is -5.30. The van der Waals surface area contributed by atoms with Crippen LogP contribution in [0.5, 0.6) is 0 Å². The van der Waals surface area contributed by atoms with Gasteiger partial charge < -0.3 is 10.1 Å². The highest BCUT2D eigenvalue weighted by atomic mass is 19.4. The van der Waals surface area contributed by atoms with E-state index in [1.165, 1.54) is 42.5 Å². The van der Waals surface area contributed by atoms with Gasteiger partial charge in [-0.3, -0.25) is 4.79 Å². The quantitative estimate of drug-likeness (QED) is 0.250. The molecule has 0 spiro atoms. The Morgan fingerprint density at radius 3 is 2.09 bits per heavy atom. The van der Waals surface area contributed by atoms with Crippen molar-refractivity contribution in [2.45, 2.75) is 38.5 Å². The predicted molar refractivity (Wildman–Crippen MR) is 103 cm³/mol. The van der Waals surface area contributed by atoms with Gasteiger partial charge in [0, 0.05) is 11.6 Å². The number of nitrogens with one attached hydrogen (secondary N) is 1. The molecule has 0 saturated carbocycles. The van der Waals surface area contributed by atoms with Crippen LogP contribution in [0, 0.1) is 11.3 Å². The molecule has 172 valence electrons. The molecule has 1 N–H and O–H groups in total. The summed E-state index contributed by atoms with van der Waals surface area (Å²) in [5.41, 5.74) is 0.188. The van der Waals surface area contributed by atoms with Crippen LogP contribution in [0.1, 0.15) is 42.0 Å². The van der Waals surface area contributed by atoms with Crippen molar-refractivity contribution < 1.29 is 40.7 Å². The number of benzene rings is 2. The molecule has 32 heavy (non-hydrogen) atoms. The van der Waals surface area contributed by atoms with Crippen LogP contribution >= 0.6 is 0 Å². The second-order valence-electron chi connectivity index (χ2n) is 7.01. The molecule has 0 aliphatic heterocycles. The Balaban J connectivity index is 2.09. The first kappa shape index (κ1) is 25.1. The van der Waals surface area contributed by atoms with Gasteiger partial charge in [0.2, 0.25) is 0 Å². The zero-order chi connectivity index (χ0) is 24.1. The maximum absolute atomic E-state index is 13.1. The number of ether oxygens (including phenoxy) is 1. The average Bonchev–Trinajstić information content (AvgIpc) is 2.71. The van der Waals surface area contributed by atoms with E-state index in [-0.39, 0.29) is 24.1 Å². The van der Waals surface area contributed by atoms with Gasteiger partial charge in [0.15, 0.2) is 0 Å². The van der Waals surface area contributed by atoms with Gasteiger partial charge in [0.1, 0.15) is 0 Å². The number of rotatable bonds is 7. The maximum Gasteiger partial charge on any atom is 0.491 e. The van der Waals surface area contributed by atoms with Crippen LogP contribution in [0.4, 0.5) is 26.3 Å². The van der Waals surface area contributed by atoms with Gasteiger partial charge in [0.25, 0.3) is 0 Å². The van der Waals surface area contributed by atoms with Gasteiger partial charge in [0.05, 0.1) is 12.0 Å². The fraction of sp³-hybridized carbons (Fsp3) is 0.318. The maximum atomic E-state index is 13.1. The second-order valence-corrected chi connectivity index (χ2v) is 7.01. The number of hydrogen-bond acceptors (Lipinski definition) is 4. The van der Waals surface area contributed by atoms with Gasteiger partial charge in [-0.25, -0.2) is 4.79 Å². The molecule has 0 aliphatic carbocycles. The molecule has 0 radical (unpaired) electrons. The molecule has 0 aliphatic rings. The molecular formula is C22H19F6NO3. The van der Waals surface area contributed by atoms with E-state index < -0.39 is 42.2 Å². The minimum absolute atomic E-state index is 0.00633. The topological polar surface area (TPSA) is 67.2 Å². The summed E-state index contributed by atoms with van der Waals surface area (Å²) in [6.45, 7) is 1.61. The zero-order valence-corrected chi connectivity index (χ0v) is 16.8. The molecule has 0 saturated heterocycles. The molecule has 0 heterocycles. The van der Waals surface area contributed by atoms with Crippen LogP contribution in [0.2, 0.25) is 0 Å². The highest BCUT2D eigenvalue weighted by Crippen LogP contribution is 2.33. The standard InChI is InChI=1S/C22H19F6NO3/c1-2-14(12-18(30)32-20(31)22(26,27)28)19(29)15-9-7-13(8-10-15)11-16-5-3-4-6-17(16)21(23,24)25/h3-10,14,29H,2,11-12H2,1H3/t14-/m0/s1. The summed E-state index contributed by atoms with van der Waals surface area (Å²) in [4.78, 5) is 22.4. The van der Waals surface area contributed by atoms with Crippen molar-refractivity contribution >= 4 is 17.7 Å². The molecule has 2 rings (SSSR count). The normalized spacial score (nSPS) is 12.8. The smallest absolute Gasteiger partial charge is 0.386 e. The van der Waals surface area contributed by atoms with Crippen molar-refractivity contribution in [1.29, 1.82) is 5.41 Å². The third-order valence-electron chi connectivity index (χ3n) is 4.73. The molecule has 0 aromatic heterocycles. The summed E-state index contributed by atoms with van der Waals surface area (Å²) in [5, 5.41) is 8.23. The first-order valence-electron chi connectivity index (χ1n) is 9.47. The van der Waals surface area contributed by atoms with E-state index in [0.717, 1.165) is 6.07 Å². The molecule has 0 fully saturated rings. The van der Waals surface area contributed by atoms with Crippen molar-refractivity contribution in [3.05, 3.63) is 70.8 Å².